The highest BCUT2D eigenvalue weighted by molar-refractivity contribution is 5.81. The average Bonchev–Trinajstić information content (AvgIpc) is 3.05. The van der Waals surface area contributed by atoms with Gasteiger partial charge in [-0.25, -0.2) is 0 Å². The summed E-state index contributed by atoms with van der Waals surface area (Å²) < 4.78 is 0. The maximum atomic E-state index is 2.28. The maximum absolute atomic E-state index is 2.28. The summed E-state index contributed by atoms with van der Waals surface area (Å²) in [6, 6.07) is 39.3. The lowest BCUT2D eigenvalue weighted by Crippen LogP contribution is -2.13. The zero-order valence-electron chi connectivity index (χ0n) is 14.5. The van der Waals surface area contributed by atoms with Gasteiger partial charge in [-0.15, -0.1) is 0 Å². The van der Waals surface area contributed by atoms with Crippen molar-refractivity contribution in [1.29, 1.82) is 0 Å². The number of fused-ring (bicyclic) bond motifs is 3. The molecule has 4 aromatic rings. The van der Waals surface area contributed by atoms with Crippen molar-refractivity contribution in [2.45, 2.75) is 5.92 Å². The molecule has 0 aliphatic heterocycles. The predicted octanol–water partition coefficient (Wildman–Crippen LogP) is 6.47. The molecule has 5 rings (SSSR count). The Balaban J connectivity index is 1.77. The third-order valence-electron chi connectivity index (χ3n) is 5.29. The van der Waals surface area contributed by atoms with Gasteiger partial charge in [0.25, 0.3) is 0 Å². The van der Waals surface area contributed by atoms with Crippen LogP contribution in [0.2, 0.25) is 0 Å². The van der Waals surface area contributed by atoms with Gasteiger partial charge < -0.3 is 0 Å². The molecule has 0 radical (unpaired) electrons. The largest absolute Gasteiger partial charge is 0.0766 e. The third-order valence-corrected chi connectivity index (χ3v) is 5.29. The first kappa shape index (κ1) is 15.0. The summed E-state index contributed by atoms with van der Waals surface area (Å²) >= 11 is 0. The van der Waals surface area contributed by atoms with Gasteiger partial charge in [0.2, 0.25) is 0 Å². The van der Waals surface area contributed by atoms with E-state index in [-0.39, 0.29) is 5.92 Å². The molecule has 0 aromatic heterocycles. The Morgan fingerprint density at radius 2 is 0.808 bits per heavy atom. The molecule has 0 N–H and O–H groups in total. The molecule has 4 aromatic carbocycles. The molecule has 0 amide bonds. The maximum Gasteiger partial charge on any atom is 0.0766 e. The van der Waals surface area contributed by atoms with Crippen molar-refractivity contribution < 1.29 is 0 Å². The lowest BCUT2D eigenvalue weighted by atomic mass is 9.76. The standard InChI is InChI=1S/C26H19/c1-3-11-19(12-4-1)25(20-13-5-2-6-14-20)26-23-17-9-7-15-21(23)22-16-8-10-18-24(22)26/h1-18,26H/q+1. The van der Waals surface area contributed by atoms with Crippen LogP contribution < -0.4 is 0 Å². The molecule has 0 fully saturated rings. The lowest BCUT2D eigenvalue weighted by molar-refractivity contribution is 0.894. The van der Waals surface area contributed by atoms with Gasteiger partial charge in [0.1, 0.15) is 0 Å². The minimum absolute atomic E-state index is 0.257. The molecule has 26 heavy (non-hydrogen) atoms. The summed E-state index contributed by atoms with van der Waals surface area (Å²) in [6.07, 6.45) is 0. The van der Waals surface area contributed by atoms with Crippen LogP contribution in [0.4, 0.5) is 0 Å². The molecule has 0 nitrogen and oxygen atoms in total. The molecule has 0 unspecified atom stereocenters. The van der Waals surface area contributed by atoms with Gasteiger partial charge in [-0.3, -0.25) is 0 Å². The molecular weight excluding hydrogens is 312 g/mol. The van der Waals surface area contributed by atoms with E-state index in [4.69, 9.17) is 0 Å². The summed E-state index contributed by atoms with van der Waals surface area (Å²) in [4.78, 5) is 0. The summed E-state index contributed by atoms with van der Waals surface area (Å²) in [7, 11) is 0. The molecule has 0 heterocycles. The molecule has 0 spiro atoms. The molecule has 0 saturated heterocycles. The first-order valence-corrected chi connectivity index (χ1v) is 9.09. The van der Waals surface area contributed by atoms with Crippen molar-refractivity contribution in [3.63, 3.8) is 0 Å². The van der Waals surface area contributed by atoms with Gasteiger partial charge >= 0.3 is 0 Å². The molecule has 0 saturated carbocycles. The molecule has 1 aliphatic rings. The molecule has 0 bridgehead atoms. The van der Waals surface area contributed by atoms with E-state index < -0.39 is 0 Å². The Labute approximate surface area is 154 Å². The highest BCUT2D eigenvalue weighted by Gasteiger charge is 2.39. The fraction of sp³-hybridized carbons (Fsp3) is 0.0385. The van der Waals surface area contributed by atoms with Crippen molar-refractivity contribution in [1.82, 2.24) is 0 Å². The lowest BCUT2D eigenvalue weighted by Gasteiger charge is -2.22. The Morgan fingerprint density at radius 1 is 0.423 bits per heavy atom. The fourth-order valence-corrected chi connectivity index (χ4v) is 4.20. The van der Waals surface area contributed by atoms with Crippen LogP contribution in [-0.2, 0) is 0 Å². The van der Waals surface area contributed by atoms with E-state index in [0.717, 1.165) is 0 Å². The number of hydrogen-bond donors (Lipinski definition) is 0. The van der Waals surface area contributed by atoms with Gasteiger partial charge in [0.15, 0.2) is 0 Å². The van der Waals surface area contributed by atoms with Gasteiger partial charge in [-0.2, -0.15) is 0 Å². The zero-order valence-corrected chi connectivity index (χ0v) is 14.5. The van der Waals surface area contributed by atoms with Crippen LogP contribution in [0.25, 0.3) is 11.1 Å². The van der Waals surface area contributed by atoms with Gasteiger partial charge in [0.05, 0.1) is 23.0 Å². The van der Waals surface area contributed by atoms with Crippen LogP contribution in [0, 0.1) is 5.92 Å². The number of benzene rings is 4. The van der Waals surface area contributed by atoms with Crippen molar-refractivity contribution >= 4 is 0 Å². The van der Waals surface area contributed by atoms with E-state index in [1.807, 2.05) is 0 Å². The Morgan fingerprint density at radius 3 is 1.27 bits per heavy atom. The van der Waals surface area contributed by atoms with Crippen LogP contribution in [0.15, 0.2) is 109 Å². The van der Waals surface area contributed by atoms with Crippen molar-refractivity contribution in [3.8, 4) is 11.1 Å². The van der Waals surface area contributed by atoms with E-state index >= 15 is 0 Å². The SMILES string of the molecule is c1ccc([C+](c2ccccc2)C2c3ccccc3-c3ccccc32)cc1. The quantitative estimate of drug-likeness (QED) is 0.377. The molecule has 0 heteroatoms. The van der Waals surface area contributed by atoms with E-state index in [9.17, 15) is 0 Å². The van der Waals surface area contributed by atoms with E-state index in [0.29, 0.717) is 0 Å². The normalized spacial score (nSPS) is 12.5. The summed E-state index contributed by atoms with van der Waals surface area (Å²) in [5.74, 6) is 1.64. The van der Waals surface area contributed by atoms with Crippen molar-refractivity contribution in [2.75, 3.05) is 0 Å². The van der Waals surface area contributed by atoms with Crippen molar-refractivity contribution in [3.05, 3.63) is 137 Å². The minimum Gasteiger partial charge on any atom is -0.0619 e. The van der Waals surface area contributed by atoms with Crippen LogP contribution in [0.5, 0.6) is 0 Å². The molecule has 1 aliphatic carbocycles. The number of rotatable bonds is 3. The van der Waals surface area contributed by atoms with E-state index in [1.54, 1.807) is 0 Å². The van der Waals surface area contributed by atoms with Gasteiger partial charge in [0, 0.05) is 24.3 Å². The fourth-order valence-electron chi connectivity index (χ4n) is 4.20. The van der Waals surface area contributed by atoms with Gasteiger partial charge in [-0.05, 0) is 58.7 Å². The first-order chi connectivity index (χ1) is 12.9. The molecule has 122 valence electrons. The smallest absolute Gasteiger partial charge is 0.0619 e. The topological polar surface area (TPSA) is 0 Å². The zero-order chi connectivity index (χ0) is 17.3. The van der Waals surface area contributed by atoms with Crippen LogP contribution in [0.1, 0.15) is 28.2 Å². The van der Waals surface area contributed by atoms with Crippen LogP contribution >= 0.6 is 0 Å². The van der Waals surface area contributed by atoms with E-state index in [2.05, 4.69) is 109 Å². The van der Waals surface area contributed by atoms with Gasteiger partial charge in [-0.1, -0.05) is 48.5 Å². The second-order valence-corrected chi connectivity index (χ2v) is 6.75. The predicted molar refractivity (Wildman–Crippen MR) is 108 cm³/mol. The minimum atomic E-state index is 0.257. The van der Waals surface area contributed by atoms with E-state index in [1.165, 1.54) is 39.3 Å². The molecule has 0 atom stereocenters. The summed E-state index contributed by atoms with van der Waals surface area (Å²) in [5.41, 5.74) is 8.09. The highest BCUT2D eigenvalue weighted by atomic mass is 14.4. The number of hydrogen-bond acceptors (Lipinski definition) is 0. The van der Waals surface area contributed by atoms with Crippen LogP contribution in [-0.4, -0.2) is 0 Å². The summed E-state index contributed by atoms with van der Waals surface area (Å²) in [6.45, 7) is 0. The molecular formula is C26H19+. The summed E-state index contributed by atoms with van der Waals surface area (Å²) in [5, 5.41) is 0. The second kappa shape index (κ2) is 6.24. The first-order valence-electron chi connectivity index (χ1n) is 9.09. The average molecular weight is 331 g/mol. The third kappa shape index (κ3) is 2.34. The van der Waals surface area contributed by atoms with Crippen LogP contribution in [0.3, 0.4) is 0 Å². The Kier molecular flexibility index (Phi) is 3.61. The Bertz CT molecular complexity index is 947. The van der Waals surface area contributed by atoms with Crippen molar-refractivity contribution in [2.24, 2.45) is 0 Å². The highest BCUT2D eigenvalue weighted by Crippen LogP contribution is 2.52. The monoisotopic (exact) mass is 331 g/mol. The second-order valence-electron chi connectivity index (χ2n) is 6.75. The Hall–Kier alpha value is -3.25.